The SMILES string of the molecule is CSc1ccc(N2CCN(C(=O)c3ccc([N+](=O)[O-])cc3)CC2)nn1. The first-order chi connectivity index (χ1) is 12.1. The molecule has 0 N–H and O–H groups in total. The minimum atomic E-state index is -0.476. The van der Waals surface area contributed by atoms with Crippen molar-refractivity contribution in [3.63, 3.8) is 0 Å². The molecule has 1 aromatic carbocycles. The molecule has 25 heavy (non-hydrogen) atoms. The van der Waals surface area contributed by atoms with Gasteiger partial charge in [-0.25, -0.2) is 0 Å². The zero-order chi connectivity index (χ0) is 17.8. The molecular weight excluding hydrogens is 342 g/mol. The van der Waals surface area contributed by atoms with Crippen LogP contribution in [0.1, 0.15) is 10.4 Å². The Morgan fingerprint density at radius 1 is 1.08 bits per heavy atom. The van der Waals surface area contributed by atoms with Crippen molar-refractivity contribution in [1.82, 2.24) is 15.1 Å². The van der Waals surface area contributed by atoms with Crippen LogP contribution in [-0.2, 0) is 0 Å². The molecular formula is C16H17N5O3S. The largest absolute Gasteiger partial charge is 0.352 e. The van der Waals surface area contributed by atoms with Gasteiger partial charge in [-0.2, -0.15) is 0 Å². The summed E-state index contributed by atoms with van der Waals surface area (Å²) in [5.41, 5.74) is 0.441. The average molecular weight is 359 g/mol. The van der Waals surface area contributed by atoms with Crippen LogP contribution in [0.4, 0.5) is 11.5 Å². The first-order valence-corrected chi connectivity index (χ1v) is 8.97. The molecule has 0 unspecified atom stereocenters. The average Bonchev–Trinajstić information content (AvgIpc) is 2.67. The number of hydrogen-bond acceptors (Lipinski definition) is 7. The summed E-state index contributed by atoms with van der Waals surface area (Å²) in [6, 6.07) is 9.58. The lowest BCUT2D eigenvalue weighted by molar-refractivity contribution is -0.384. The number of nitro groups is 1. The summed E-state index contributed by atoms with van der Waals surface area (Å²) in [5.74, 6) is 0.693. The Labute approximate surface area is 149 Å². The Kier molecular flexibility index (Phi) is 5.13. The highest BCUT2D eigenvalue weighted by Gasteiger charge is 2.23. The highest BCUT2D eigenvalue weighted by Crippen LogP contribution is 2.18. The Balaban J connectivity index is 1.61. The van der Waals surface area contributed by atoms with E-state index in [4.69, 9.17) is 0 Å². The summed E-state index contributed by atoms with van der Waals surface area (Å²) in [4.78, 5) is 26.6. The Hall–Kier alpha value is -2.68. The van der Waals surface area contributed by atoms with Gasteiger partial charge in [0, 0.05) is 43.9 Å². The standard InChI is InChI=1S/C16H17N5O3S/c1-25-15-7-6-14(17-18-15)19-8-10-20(11-9-19)16(22)12-2-4-13(5-3-12)21(23)24/h2-7H,8-11H2,1H3. The van der Waals surface area contributed by atoms with Crippen molar-refractivity contribution >= 4 is 29.2 Å². The van der Waals surface area contributed by atoms with Gasteiger partial charge in [0.25, 0.3) is 11.6 Å². The maximum atomic E-state index is 12.5. The van der Waals surface area contributed by atoms with Crippen LogP contribution in [-0.4, -0.2) is 58.4 Å². The molecule has 130 valence electrons. The first-order valence-electron chi connectivity index (χ1n) is 7.75. The third kappa shape index (κ3) is 3.87. The minimum absolute atomic E-state index is 0.0198. The normalized spacial score (nSPS) is 14.4. The molecule has 1 saturated heterocycles. The van der Waals surface area contributed by atoms with E-state index in [-0.39, 0.29) is 11.6 Å². The second-order valence-electron chi connectivity index (χ2n) is 5.52. The monoisotopic (exact) mass is 359 g/mol. The van der Waals surface area contributed by atoms with Gasteiger partial charge in [0.2, 0.25) is 0 Å². The molecule has 0 aliphatic carbocycles. The summed E-state index contributed by atoms with van der Waals surface area (Å²) in [7, 11) is 0. The molecule has 0 saturated carbocycles. The summed E-state index contributed by atoms with van der Waals surface area (Å²) in [6.07, 6.45) is 1.95. The molecule has 0 radical (unpaired) electrons. The smallest absolute Gasteiger partial charge is 0.269 e. The Bertz CT molecular complexity index is 758. The van der Waals surface area contributed by atoms with Crippen LogP contribution >= 0.6 is 11.8 Å². The van der Waals surface area contributed by atoms with E-state index in [0.29, 0.717) is 31.7 Å². The number of hydrogen-bond donors (Lipinski definition) is 0. The van der Waals surface area contributed by atoms with Crippen LogP contribution in [0.3, 0.4) is 0 Å². The molecule has 9 heteroatoms. The van der Waals surface area contributed by atoms with Crippen LogP contribution in [0.2, 0.25) is 0 Å². The number of non-ortho nitro benzene ring substituents is 1. The number of nitro benzene ring substituents is 1. The van der Waals surface area contributed by atoms with E-state index < -0.39 is 4.92 Å². The number of rotatable bonds is 4. The summed E-state index contributed by atoms with van der Waals surface area (Å²) in [5, 5.41) is 19.9. The minimum Gasteiger partial charge on any atom is -0.352 e. The lowest BCUT2D eigenvalue weighted by Crippen LogP contribution is -2.49. The fourth-order valence-corrected chi connectivity index (χ4v) is 2.96. The van der Waals surface area contributed by atoms with E-state index in [9.17, 15) is 14.9 Å². The molecule has 0 atom stereocenters. The number of amides is 1. The summed E-state index contributed by atoms with van der Waals surface area (Å²) in [6.45, 7) is 2.49. The summed E-state index contributed by atoms with van der Waals surface area (Å²) < 4.78 is 0. The van der Waals surface area contributed by atoms with Gasteiger partial charge < -0.3 is 9.80 Å². The van der Waals surface area contributed by atoms with Gasteiger partial charge in [-0.15, -0.1) is 22.0 Å². The van der Waals surface area contributed by atoms with Crippen molar-refractivity contribution in [2.24, 2.45) is 0 Å². The molecule has 3 rings (SSSR count). The molecule has 1 fully saturated rings. The Morgan fingerprint density at radius 3 is 2.28 bits per heavy atom. The predicted molar refractivity (Wildman–Crippen MR) is 95.0 cm³/mol. The molecule has 0 bridgehead atoms. The fourth-order valence-electron chi connectivity index (χ4n) is 2.64. The highest BCUT2D eigenvalue weighted by atomic mass is 32.2. The number of anilines is 1. The third-order valence-electron chi connectivity index (χ3n) is 4.05. The van der Waals surface area contributed by atoms with E-state index in [0.717, 1.165) is 10.8 Å². The number of thioether (sulfide) groups is 1. The number of carbonyl (C=O) groups excluding carboxylic acids is 1. The van der Waals surface area contributed by atoms with Crippen LogP contribution in [0.5, 0.6) is 0 Å². The van der Waals surface area contributed by atoms with Crippen molar-refractivity contribution in [1.29, 1.82) is 0 Å². The van der Waals surface area contributed by atoms with Crippen LogP contribution in [0.25, 0.3) is 0 Å². The van der Waals surface area contributed by atoms with Crippen LogP contribution < -0.4 is 4.90 Å². The molecule has 0 spiro atoms. The molecule has 1 aliphatic rings. The lowest BCUT2D eigenvalue weighted by atomic mass is 10.1. The zero-order valence-corrected chi connectivity index (χ0v) is 14.5. The molecule has 2 aromatic rings. The molecule has 1 aliphatic heterocycles. The number of benzene rings is 1. The van der Waals surface area contributed by atoms with Gasteiger partial charge in [0.05, 0.1) is 4.92 Å². The van der Waals surface area contributed by atoms with E-state index in [1.54, 1.807) is 16.7 Å². The second-order valence-corrected chi connectivity index (χ2v) is 6.34. The van der Waals surface area contributed by atoms with Gasteiger partial charge in [0.1, 0.15) is 5.03 Å². The number of aromatic nitrogens is 2. The number of carbonyl (C=O) groups is 1. The van der Waals surface area contributed by atoms with Gasteiger partial charge >= 0.3 is 0 Å². The number of nitrogens with zero attached hydrogens (tertiary/aromatic N) is 5. The highest BCUT2D eigenvalue weighted by molar-refractivity contribution is 7.98. The van der Waals surface area contributed by atoms with Crippen molar-refractivity contribution < 1.29 is 9.72 Å². The molecule has 2 heterocycles. The van der Waals surface area contributed by atoms with Crippen molar-refractivity contribution in [3.8, 4) is 0 Å². The molecule has 1 amide bonds. The summed E-state index contributed by atoms with van der Waals surface area (Å²) >= 11 is 1.54. The van der Waals surface area contributed by atoms with Gasteiger partial charge in [-0.1, -0.05) is 0 Å². The van der Waals surface area contributed by atoms with Gasteiger partial charge in [-0.3, -0.25) is 14.9 Å². The van der Waals surface area contributed by atoms with Crippen molar-refractivity contribution in [2.75, 3.05) is 37.3 Å². The van der Waals surface area contributed by atoms with Gasteiger partial charge in [0.15, 0.2) is 5.82 Å². The third-order valence-corrected chi connectivity index (χ3v) is 4.69. The van der Waals surface area contributed by atoms with Crippen LogP contribution in [0.15, 0.2) is 41.4 Å². The van der Waals surface area contributed by atoms with E-state index in [1.165, 1.54) is 24.3 Å². The Morgan fingerprint density at radius 2 is 1.76 bits per heavy atom. The molecule has 8 nitrogen and oxygen atoms in total. The zero-order valence-electron chi connectivity index (χ0n) is 13.7. The maximum absolute atomic E-state index is 12.5. The predicted octanol–water partition coefficient (Wildman–Crippen LogP) is 2.07. The van der Waals surface area contributed by atoms with Crippen LogP contribution in [0, 0.1) is 10.1 Å². The van der Waals surface area contributed by atoms with Crippen molar-refractivity contribution in [2.45, 2.75) is 5.03 Å². The fraction of sp³-hybridized carbons (Fsp3) is 0.312. The van der Waals surface area contributed by atoms with Gasteiger partial charge in [-0.05, 0) is 30.5 Å². The quantitative estimate of drug-likeness (QED) is 0.469. The molecule has 1 aromatic heterocycles. The van der Waals surface area contributed by atoms with E-state index >= 15 is 0 Å². The second kappa shape index (κ2) is 7.47. The van der Waals surface area contributed by atoms with Crippen molar-refractivity contribution in [3.05, 3.63) is 52.1 Å². The maximum Gasteiger partial charge on any atom is 0.269 e. The van der Waals surface area contributed by atoms with E-state index in [1.807, 2.05) is 18.4 Å². The van der Waals surface area contributed by atoms with E-state index in [2.05, 4.69) is 15.1 Å². The number of piperazine rings is 1. The topological polar surface area (TPSA) is 92.5 Å². The lowest BCUT2D eigenvalue weighted by Gasteiger charge is -2.35. The first kappa shape index (κ1) is 17.2.